The van der Waals surface area contributed by atoms with E-state index in [1.807, 2.05) is 7.05 Å². The normalized spacial score (nSPS) is 17.8. The average Bonchev–Trinajstić information content (AvgIpc) is 2.76. The summed E-state index contributed by atoms with van der Waals surface area (Å²) in [5.74, 6) is 0. The lowest BCUT2D eigenvalue weighted by Gasteiger charge is -2.26. The molecular formula is C13H23N3. The van der Waals surface area contributed by atoms with Gasteiger partial charge >= 0.3 is 0 Å². The Kier molecular flexibility index (Phi) is 4.43. The number of piperidine rings is 1. The Morgan fingerprint density at radius 2 is 2.00 bits per heavy atom. The highest BCUT2D eigenvalue weighted by Crippen LogP contribution is 2.08. The maximum atomic E-state index is 3.18. The van der Waals surface area contributed by atoms with E-state index in [1.54, 1.807) is 0 Å². The Balaban J connectivity index is 1.75. The van der Waals surface area contributed by atoms with Gasteiger partial charge in [0.25, 0.3) is 0 Å². The van der Waals surface area contributed by atoms with Crippen LogP contribution in [0.5, 0.6) is 0 Å². The van der Waals surface area contributed by atoms with Crippen molar-refractivity contribution >= 4 is 0 Å². The molecule has 3 nitrogen and oxygen atoms in total. The van der Waals surface area contributed by atoms with Crippen molar-refractivity contribution in [3.63, 3.8) is 0 Å². The van der Waals surface area contributed by atoms with Gasteiger partial charge in [0.2, 0.25) is 0 Å². The molecule has 0 aromatic carbocycles. The van der Waals surface area contributed by atoms with Crippen LogP contribution in [0.4, 0.5) is 0 Å². The van der Waals surface area contributed by atoms with E-state index < -0.39 is 0 Å². The third-order valence-corrected chi connectivity index (χ3v) is 3.32. The number of hydrogen-bond acceptors (Lipinski definition) is 2. The lowest BCUT2D eigenvalue weighted by molar-refractivity contribution is 0.221. The van der Waals surface area contributed by atoms with Crippen molar-refractivity contribution in [2.45, 2.75) is 32.4 Å². The first kappa shape index (κ1) is 11.7. The third-order valence-electron chi connectivity index (χ3n) is 3.32. The second kappa shape index (κ2) is 6.06. The molecule has 2 rings (SSSR count). The van der Waals surface area contributed by atoms with Crippen molar-refractivity contribution in [2.75, 3.05) is 26.7 Å². The number of nitrogens with one attached hydrogen (secondary N) is 1. The molecule has 16 heavy (non-hydrogen) atoms. The molecule has 0 unspecified atom stereocenters. The monoisotopic (exact) mass is 221 g/mol. The van der Waals surface area contributed by atoms with Gasteiger partial charge in [-0.05, 0) is 44.6 Å². The van der Waals surface area contributed by atoms with Gasteiger partial charge in [-0.25, -0.2) is 0 Å². The Hall–Kier alpha value is -0.800. The van der Waals surface area contributed by atoms with Crippen LogP contribution in [-0.4, -0.2) is 36.1 Å². The third kappa shape index (κ3) is 3.35. The zero-order valence-electron chi connectivity index (χ0n) is 10.3. The minimum absolute atomic E-state index is 0.969. The predicted molar refractivity (Wildman–Crippen MR) is 67.5 cm³/mol. The molecule has 3 heteroatoms. The fourth-order valence-electron chi connectivity index (χ4n) is 2.38. The molecule has 1 fully saturated rings. The van der Waals surface area contributed by atoms with Crippen molar-refractivity contribution < 1.29 is 0 Å². The summed E-state index contributed by atoms with van der Waals surface area (Å²) >= 11 is 0. The Morgan fingerprint density at radius 1 is 1.19 bits per heavy atom. The van der Waals surface area contributed by atoms with E-state index in [9.17, 15) is 0 Å². The molecule has 0 amide bonds. The maximum Gasteiger partial charge on any atom is 0.0347 e. The van der Waals surface area contributed by atoms with E-state index in [4.69, 9.17) is 0 Å². The Bertz CT molecular complexity index is 300. The zero-order valence-corrected chi connectivity index (χ0v) is 10.3. The quantitative estimate of drug-likeness (QED) is 0.816. The van der Waals surface area contributed by atoms with Crippen LogP contribution < -0.4 is 5.32 Å². The zero-order chi connectivity index (χ0) is 11.2. The van der Waals surface area contributed by atoms with Crippen molar-refractivity contribution in [1.29, 1.82) is 0 Å². The molecule has 90 valence electrons. The molecule has 0 aliphatic carbocycles. The molecule has 0 atom stereocenters. The largest absolute Gasteiger partial charge is 0.353 e. The second-order valence-corrected chi connectivity index (χ2v) is 4.69. The molecular weight excluding hydrogens is 198 g/mol. The van der Waals surface area contributed by atoms with Gasteiger partial charge in [0, 0.05) is 32.0 Å². The number of rotatable bonds is 5. The first-order chi connectivity index (χ1) is 7.88. The van der Waals surface area contributed by atoms with Gasteiger partial charge in [-0.3, -0.25) is 0 Å². The molecule has 1 aromatic heterocycles. The highest BCUT2D eigenvalue weighted by molar-refractivity contribution is 5.09. The maximum absolute atomic E-state index is 3.18. The van der Waals surface area contributed by atoms with Crippen LogP contribution in [0, 0.1) is 0 Å². The van der Waals surface area contributed by atoms with Crippen LogP contribution in [0.15, 0.2) is 18.5 Å². The summed E-state index contributed by atoms with van der Waals surface area (Å²) in [6.45, 7) is 5.89. The Morgan fingerprint density at radius 3 is 2.75 bits per heavy atom. The molecule has 0 spiro atoms. The molecule has 2 heterocycles. The lowest BCUT2D eigenvalue weighted by Crippen LogP contribution is -2.32. The van der Waals surface area contributed by atoms with E-state index in [-0.39, 0.29) is 0 Å². The first-order valence-electron chi connectivity index (χ1n) is 6.40. The molecule has 1 aromatic rings. The fourth-order valence-corrected chi connectivity index (χ4v) is 2.38. The van der Waals surface area contributed by atoms with Crippen molar-refractivity contribution in [3.8, 4) is 0 Å². The molecule has 1 aliphatic heterocycles. The molecule has 0 saturated carbocycles. The lowest BCUT2D eigenvalue weighted by atomic mass is 10.1. The Labute approximate surface area is 98.4 Å². The summed E-state index contributed by atoms with van der Waals surface area (Å²) in [5.41, 5.74) is 1.38. The van der Waals surface area contributed by atoms with E-state index in [1.165, 1.54) is 44.5 Å². The predicted octanol–water partition coefficient (Wildman–Crippen LogP) is 1.69. The molecule has 1 aliphatic rings. The smallest absolute Gasteiger partial charge is 0.0347 e. The van der Waals surface area contributed by atoms with Crippen LogP contribution in [0.1, 0.15) is 24.8 Å². The SMILES string of the molecule is CNCc1ccn(CCN2CCCCC2)c1. The van der Waals surface area contributed by atoms with Crippen molar-refractivity contribution in [2.24, 2.45) is 0 Å². The molecule has 0 bridgehead atoms. The van der Waals surface area contributed by atoms with Crippen molar-refractivity contribution in [3.05, 3.63) is 24.0 Å². The molecule has 1 saturated heterocycles. The summed E-state index contributed by atoms with van der Waals surface area (Å²) in [6.07, 6.45) is 8.64. The molecule has 1 N–H and O–H groups in total. The summed E-state index contributed by atoms with van der Waals surface area (Å²) in [6, 6.07) is 2.20. The van der Waals surface area contributed by atoms with Crippen LogP contribution >= 0.6 is 0 Å². The summed E-state index contributed by atoms with van der Waals surface area (Å²) in [4.78, 5) is 2.58. The van der Waals surface area contributed by atoms with Crippen LogP contribution in [0.3, 0.4) is 0 Å². The highest BCUT2D eigenvalue weighted by Gasteiger charge is 2.09. The number of aromatic nitrogens is 1. The fraction of sp³-hybridized carbons (Fsp3) is 0.692. The van der Waals surface area contributed by atoms with Gasteiger partial charge in [0.15, 0.2) is 0 Å². The van der Waals surface area contributed by atoms with Crippen LogP contribution in [0.2, 0.25) is 0 Å². The van der Waals surface area contributed by atoms with Gasteiger partial charge < -0.3 is 14.8 Å². The van der Waals surface area contributed by atoms with Gasteiger partial charge in [-0.1, -0.05) is 6.42 Å². The standard InChI is InChI=1S/C13H23N3/c1-14-11-13-5-8-16(12-13)10-9-15-6-3-2-4-7-15/h5,8,12,14H,2-4,6-7,9-11H2,1H3. The minimum atomic E-state index is 0.969. The summed E-state index contributed by atoms with van der Waals surface area (Å²) in [7, 11) is 1.99. The molecule has 0 radical (unpaired) electrons. The highest BCUT2D eigenvalue weighted by atomic mass is 15.1. The van der Waals surface area contributed by atoms with E-state index in [2.05, 4.69) is 33.2 Å². The van der Waals surface area contributed by atoms with E-state index in [0.29, 0.717) is 0 Å². The van der Waals surface area contributed by atoms with Gasteiger partial charge in [0.1, 0.15) is 0 Å². The van der Waals surface area contributed by atoms with E-state index in [0.717, 1.165) is 13.1 Å². The van der Waals surface area contributed by atoms with Crippen LogP contribution in [-0.2, 0) is 13.1 Å². The van der Waals surface area contributed by atoms with Crippen LogP contribution in [0.25, 0.3) is 0 Å². The van der Waals surface area contributed by atoms with Gasteiger partial charge in [-0.15, -0.1) is 0 Å². The van der Waals surface area contributed by atoms with Gasteiger partial charge in [-0.2, -0.15) is 0 Å². The topological polar surface area (TPSA) is 20.2 Å². The number of hydrogen-bond donors (Lipinski definition) is 1. The number of likely N-dealkylation sites (tertiary alicyclic amines) is 1. The van der Waals surface area contributed by atoms with Crippen molar-refractivity contribution in [1.82, 2.24) is 14.8 Å². The second-order valence-electron chi connectivity index (χ2n) is 4.69. The number of nitrogens with zero attached hydrogens (tertiary/aromatic N) is 2. The van der Waals surface area contributed by atoms with Gasteiger partial charge in [0.05, 0.1) is 0 Å². The van der Waals surface area contributed by atoms with E-state index >= 15 is 0 Å². The first-order valence-corrected chi connectivity index (χ1v) is 6.40. The average molecular weight is 221 g/mol. The summed E-state index contributed by atoms with van der Waals surface area (Å²) < 4.78 is 2.31. The minimum Gasteiger partial charge on any atom is -0.353 e. The summed E-state index contributed by atoms with van der Waals surface area (Å²) in [5, 5.41) is 3.18.